The number of carbonyl (C=O) groups excluding carboxylic acids is 3. The molecule has 1 N–H and O–H groups in total. The third kappa shape index (κ3) is 5.91. The molecule has 2 heterocycles. The first kappa shape index (κ1) is 27.0. The number of esters is 1. The van der Waals surface area contributed by atoms with Crippen molar-refractivity contribution in [2.45, 2.75) is 13.0 Å². The first-order chi connectivity index (χ1) is 18.3. The van der Waals surface area contributed by atoms with Gasteiger partial charge in [-0.05, 0) is 48.9 Å². The number of ether oxygens (including phenoxy) is 1. The lowest BCUT2D eigenvalue weighted by molar-refractivity contribution is -0.139. The first-order valence-corrected chi connectivity index (χ1v) is 12.4. The Hall–Kier alpha value is -4.05. The van der Waals surface area contributed by atoms with Crippen molar-refractivity contribution in [3.8, 4) is 0 Å². The number of piperazine rings is 1. The quantitative estimate of drug-likeness (QED) is 0.422. The highest BCUT2D eigenvalue weighted by molar-refractivity contribution is 5.95. The zero-order valence-corrected chi connectivity index (χ0v) is 21.2. The number of rotatable bonds is 8. The van der Waals surface area contributed by atoms with Gasteiger partial charge in [-0.15, -0.1) is 6.58 Å². The van der Waals surface area contributed by atoms with E-state index >= 15 is 0 Å². The molecule has 10 heteroatoms. The molecule has 8 nitrogen and oxygen atoms in total. The van der Waals surface area contributed by atoms with E-state index in [1.54, 1.807) is 24.0 Å². The van der Waals surface area contributed by atoms with E-state index in [4.69, 9.17) is 4.74 Å². The number of hydrogen-bond donors (Lipinski definition) is 1. The van der Waals surface area contributed by atoms with Crippen molar-refractivity contribution in [3.05, 3.63) is 95.2 Å². The topological polar surface area (TPSA) is 82.2 Å². The van der Waals surface area contributed by atoms with E-state index in [0.29, 0.717) is 43.0 Å². The van der Waals surface area contributed by atoms with Crippen molar-refractivity contribution < 1.29 is 27.9 Å². The number of nitrogens with zero attached hydrogens (tertiary/aromatic N) is 3. The summed E-state index contributed by atoms with van der Waals surface area (Å²) in [6, 6.07) is 9.84. The van der Waals surface area contributed by atoms with Crippen LogP contribution in [0.3, 0.4) is 0 Å². The summed E-state index contributed by atoms with van der Waals surface area (Å²) in [5.41, 5.74) is 1.50. The maximum absolute atomic E-state index is 14.1. The summed E-state index contributed by atoms with van der Waals surface area (Å²) >= 11 is 0. The molecule has 2 aromatic rings. The smallest absolute Gasteiger partial charge is 0.338 e. The summed E-state index contributed by atoms with van der Waals surface area (Å²) in [4.78, 5) is 44.4. The van der Waals surface area contributed by atoms with Crippen LogP contribution >= 0.6 is 0 Å². The van der Waals surface area contributed by atoms with Gasteiger partial charge < -0.3 is 15.0 Å². The monoisotopic (exact) mass is 524 g/mol. The Morgan fingerprint density at radius 2 is 1.79 bits per heavy atom. The van der Waals surface area contributed by atoms with E-state index in [-0.39, 0.29) is 31.2 Å². The van der Waals surface area contributed by atoms with Crippen LogP contribution in [0, 0.1) is 11.6 Å². The normalized spacial score (nSPS) is 18.3. The molecule has 3 amide bonds. The Kier molecular flexibility index (Phi) is 8.52. The molecule has 2 aromatic carbocycles. The first-order valence-electron chi connectivity index (χ1n) is 12.4. The lowest BCUT2D eigenvalue weighted by Gasteiger charge is -2.40. The minimum Gasteiger partial charge on any atom is -0.463 e. The second-order valence-corrected chi connectivity index (χ2v) is 8.99. The van der Waals surface area contributed by atoms with Gasteiger partial charge in [-0.1, -0.05) is 18.2 Å². The van der Waals surface area contributed by atoms with Gasteiger partial charge >= 0.3 is 12.0 Å². The summed E-state index contributed by atoms with van der Waals surface area (Å²) in [6.07, 6.45) is 1.56. The van der Waals surface area contributed by atoms with Gasteiger partial charge in [-0.2, -0.15) is 0 Å². The highest BCUT2D eigenvalue weighted by Crippen LogP contribution is 2.32. The van der Waals surface area contributed by atoms with Crippen molar-refractivity contribution in [2.75, 3.05) is 45.9 Å². The minimum atomic E-state index is -0.894. The summed E-state index contributed by atoms with van der Waals surface area (Å²) in [6.45, 7) is 7.75. The highest BCUT2D eigenvalue weighted by atomic mass is 19.1. The third-order valence-corrected chi connectivity index (χ3v) is 6.55. The Balaban J connectivity index is 1.61. The molecule has 1 unspecified atom stereocenters. The zero-order valence-electron chi connectivity index (χ0n) is 21.2. The van der Waals surface area contributed by atoms with E-state index in [0.717, 1.165) is 0 Å². The predicted molar refractivity (Wildman–Crippen MR) is 137 cm³/mol. The Labute approximate surface area is 220 Å². The molecule has 2 aliphatic heterocycles. The SMILES string of the molecule is C=CCN1C(=O)NC(c2cccc(F)c2)C(C(=O)OCC)=C1CN1CCN(C(=O)c2ccc(F)cc2)CC1. The Morgan fingerprint density at radius 3 is 2.42 bits per heavy atom. The predicted octanol–water partition coefficient (Wildman–Crippen LogP) is 3.49. The number of amides is 3. The number of hydrogen-bond acceptors (Lipinski definition) is 5. The molecule has 0 bridgehead atoms. The lowest BCUT2D eigenvalue weighted by Crippen LogP contribution is -2.53. The van der Waals surface area contributed by atoms with Crippen LogP contribution in [0.25, 0.3) is 0 Å². The van der Waals surface area contributed by atoms with Crippen molar-refractivity contribution in [1.29, 1.82) is 0 Å². The summed E-state index contributed by atoms with van der Waals surface area (Å²) in [5.74, 6) is -1.69. The molecular weight excluding hydrogens is 494 g/mol. The molecule has 0 spiro atoms. The van der Waals surface area contributed by atoms with E-state index in [9.17, 15) is 23.2 Å². The molecule has 0 radical (unpaired) electrons. The van der Waals surface area contributed by atoms with Crippen LogP contribution in [0.15, 0.2) is 72.5 Å². The Morgan fingerprint density at radius 1 is 1.08 bits per heavy atom. The van der Waals surface area contributed by atoms with Gasteiger partial charge in [0.1, 0.15) is 11.6 Å². The number of carbonyl (C=O) groups is 3. The molecule has 4 rings (SSSR count). The zero-order chi connectivity index (χ0) is 27.2. The molecule has 0 saturated carbocycles. The van der Waals surface area contributed by atoms with Crippen LogP contribution in [-0.2, 0) is 9.53 Å². The van der Waals surface area contributed by atoms with E-state index < -0.39 is 29.7 Å². The van der Waals surface area contributed by atoms with Crippen LogP contribution in [0.4, 0.5) is 13.6 Å². The van der Waals surface area contributed by atoms with Crippen LogP contribution in [0.2, 0.25) is 0 Å². The molecule has 0 aromatic heterocycles. The van der Waals surface area contributed by atoms with Crippen LogP contribution in [0.1, 0.15) is 28.9 Å². The summed E-state index contributed by atoms with van der Waals surface area (Å²) in [7, 11) is 0. The molecule has 1 saturated heterocycles. The van der Waals surface area contributed by atoms with Gasteiger partial charge in [0.2, 0.25) is 0 Å². The van der Waals surface area contributed by atoms with Gasteiger partial charge in [-0.3, -0.25) is 14.6 Å². The highest BCUT2D eigenvalue weighted by Gasteiger charge is 2.39. The molecule has 1 fully saturated rings. The van der Waals surface area contributed by atoms with Crippen LogP contribution in [-0.4, -0.2) is 78.5 Å². The van der Waals surface area contributed by atoms with Gasteiger partial charge in [0.05, 0.1) is 18.2 Å². The average molecular weight is 525 g/mol. The molecule has 200 valence electrons. The van der Waals surface area contributed by atoms with Gasteiger partial charge in [0.25, 0.3) is 5.91 Å². The average Bonchev–Trinajstić information content (AvgIpc) is 2.91. The molecule has 2 aliphatic rings. The van der Waals surface area contributed by atoms with Gasteiger partial charge in [0.15, 0.2) is 0 Å². The van der Waals surface area contributed by atoms with Crippen molar-refractivity contribution in [1.82, 2.24) is 20.0 Å². The van der Waals surface area contributed by atoms with Crippen molar-refractivity contribution >= 4 is 17.9 Å². The minimum absolute atomic E-state index is 0.130. The third-order valence-electron chi connectivity index (χ3n) is 6.55. The van der Waals surface area contributed by atoms with E-state index in [2.05, 4.69) is 11.9 Å². The second-order valence-electron chi connectivity index (χ2n) is 8.99. The molecular formula is C28H30F2N4O4. The lowest BCUT2D eigenvalue weighted by atomic mass is 9.94. The number of benzene rings is 2. The van der Waals surface area contributed by atoms with Gasteiger partial charge in [0, 0.05) is 50.5 Å². The maximum Gasteiger partial charge on any atom is 0.338 e. The second kappa shape index (κ2) is 12.0. The molecule has 1 atom stereocenters. The largest absolute Gasteiger partial charge is 0.463 e. The molecule has 0 aliphatic carbocycles. The van der Waals surface area contributed by atoms with Crippen LogP contribution in [0.5, 0.6) is 0 Å². The van der Waals surface area contributed by atoms with Gasteiger partial charge in [-0.25, -0.2) is 18.4 Å². The number of urea groups is 1. The summed E-state index contributed by atoms with van der Waals surface area (Å²) in [5, 5.41) is 2.81. The Bertz CT molecular complexity index is 1240. The van der Waals surface area contributed by atoms with Crippen molar-refractivity contribution in [2.24, 2.45) is 0 Å². The fraction of sp³-hybridized carbons (Fsp3) is 0.321. The van der Waals surface area contributed by atoms with Crippen molar-refractivity contribution in [3.63, 3.8) is 0 Å². The number of halogens is 2. The summed E-state index contributed by atoms with van der Waals surface area (Å²) < 4.78 is 32.7. The molecule has 38 heavy (non-hydrogen) atoms. The van der Waals surface area contributed by atoms with E-state index in [1.165, 1.54) is 47.4 Å². The fourth-order valence-corrected chi connectivity index (χ4v) is 4.68. The fourth-order valence-electron chi connectivity index (χ4n) is 4.68. The maximum atomic E-state index is 14.1. The standard InChI is InChI=1S/C28H30F2N4O4/c1-3-12-34-23(18-32-13-15-33(16-14-32)26(35)19-8-10-21(29)11-9-19)24(27(36)38-4-2)25(31-28(34)37)20-6-5-7-22(30)17-20/h3,5-11,17,25H,1,4,12-16,18H2,2H3,(H,31,37). The van der Waals surface area contributed by atoms with Crippen LogP contribution < -0.4 is 5.32 Å². The van der Waals surface area contributed by atoms with E-state index in [1.807, 2.05) is 4.90 Å². The number of nitrogens with one attached hydrogen (secondary N) is 1.